The Hall–Kier alpha value is -1.22. The maximum absolute atomic E-state index is 5.63. The molecular weight excluding hydrogens is 190 g/mol. The van der Waals surface area contributed by atoms with Gasteiger partial charge < -0.3 is 15.2 Å². The second-order valence-corrected chi connectivity index (χ2v) is 3.95. The van der Waals surface area contributed by atoms with Crippen LogP contribution >= 0.6 is 0 Å². The Kier molecular flexibility index (Phi) is 2.82. The maximum atomic E-state index is 5.63. The van der Waals surface area contributed by atoms with Gasteiger partial charge in [0.1, 0.15) is 0 Å². The van der Waals surface area contributed by atoms with E-state index in [0.29, 0.717) is 11.8 Å². The molecule has 2 atom stereocenters. The number of hydrogen-bond donors (Lipinski definition) is 1. The van der Waals surface area contributed by atoms with Gasteiger partial charge >= 0.3 is 0 Å². The van der Waals surface area contributed by atoms with Crippen molar-refractivity contribution >= 4 is 0 Å². The van der Waals surface area contributed by atoms with Crippen LogP contribution in [0, 0.1) is 5.92 Å². The highest BCUT2D eigenvalue weighted by Gasteiger charge is 2.37. The lowest BCUT2D eigenvalue weighted by Crippen LogP contribution is -2.02. The van der Waals surface area contributed by atoms with Gasteiger partial charge in [-0.3, -0.25) is 0 Å². The number of hydrogen-bond acceptors (Lipinski definition) is 3. The summed E-state index contributed by atoms with van der Waals surface area (Å²) in [6.45, 7) is 0.777. The molecule has 0 aromatic heterocycles. The van der Waals surface area contributed by atoms with Crippen LogP contribution in [0.3, 0.4) is 0 Å². The van der Waals surface area contributed by atoms with E-state index in [2.05, 4.69) is 12.1 Å². The van der Waals surface area contributed by atoms with Crippen molar-refractivity contribution in [2.45, 2.75) is 12.3 Å². The second-order valence-electron chi connectivity index (χ2n) is 3.95. The summed E-state index contributed by atoms with van der Waals surface area (Å²) < 4.78 is 10.5. The summed E-state index contributed by atoms with van der Waals surface area (Å²) in [6, 6.07) is 6.11. The van der Waals surface area contributed by atoms with Crippen molar-refractivity contribution < 1.29 is 9.47 Å². The minimum absolute atomic E-state index is 0.620. The third kappa shape index (κ3) is 1.92. The Morgan fingerprint density at radius 1 is 1.27 bits per heavy atom. The number of rotatable bonds is 4. The SMILES string of the molecule is COc1ccc([C@H]2C[C@H]2CN)cc1OC. The number of ether oxygens (including phenoxy) is 2. The van der Waals surface area contributed by atoms with Crippen LogP contribution in [-0.4, -0.2) is 20.8 Å². The zero-order chi connectivity index (χ0) is 10.8. The predicted molar refractivity (Wildman–Crippen MR) is 59.4 cm³/mol. The van der Waals surface area contributed by atoms with E-state index in [9.17, 15) is 0 Å². The van der Waals surface area contributed by atoms with Crippen LogP contribution in [-0.2, 0) is 0 Å². The first kappa shape index (κ1) is 10.3. The Morgan fingerprint density at radius 3 is 2.53 bits per heavy atom. The first-order valence-corrected chi connectivity index (χ1v) is 5.22. The van der Waals surface area contributed by atoms with Gasteiger partial charge in [-0.05, 0) is 42.5 Å². The number of methoxy groups -OCH3 is 2. The van der Waals surface area contributed by atoms with Crippen LogP contribution in [0.2, 0.25) is 0 Å². The molecule has 82 valence electrons. The molecule has 1 fully saturated rings. The lowest BCUT2D eigenvalue weighted by molar-refractivity contribution is 0.354. The minimum Gasteiger partial charge on any atom is -0.493 e. The first-order valence-electron chi connectivity index (χ1n) is 5.22. The molecule has 1 saturated carbocycles. The average molecular weight is 207 g/mol. The van der Waals surface area contributed by atoms with E-state index in [1.54, 1.807) is 14.2 Å². The molecule has 15 heavy (non-hydrogen) atoms. The summed E-state index contributed by atoms with van der Waals surface area (Å²) in [6.07, 6.45) is 1.20. The Balaban J connectivity index is 2.20. The third-order valence-corrected chi connectivity index (χ3v) is 3.06. The normalized spacial score (nSPS) is 23.7. The van der Waals surface area contributed by atoms with Crippen LogP contribution in [0.15, 0.2) is 18.2 Å². The summed E-state index contributed by atoms with van der Waals surface area (Å²) in [5.41, 5.74) is 6.94. The fourth-order valence-electron chi connectivity index (χ4n) is 2.00. The molecule has 2 rings (SSSR count). The first-order chi connectivity index (χ1) is 7.30. The van der Waals surface area contributed by atoms with E-state index in [-0.39, 0.29) is 0 Å². The highest BCUT2D eigenvalue weighted by atomic mass is 16.5. The van der Waals surface area contributed by atoms with Crippen LogP contribution in [0.1, 0.15) is 17.9 Å². The molecule has 0 spiro atoms. The van der Waals surface area contributed by atoms with Gasteiger partial charge in [0.2, 0.25) is 0 Å². The van der Waals surface area contributed by atoms with Gasteiger partial charge in [-0.1, -0.05) is 6.07 Å². The largest absolute Gasteiger partial charge is 0.493 e. The van der Waals surface area contributed by atoms with E-state index >= 15 is 0 Å². The minimum atomic E-state index is 0.620. The van der Waals surface area contributed by atoms with Gasteiger partial charge in [-0.15, -0.1) is 0 Å². The fraction of sp³-hybridized carbons (Fsp3) is 0.500. The summed E-state index contributed by atoms with van der Waals surface area (Å²) in [5.74, 6) is 2.86. The standard InChI is InChI=1S/C12H17NO2/c1-14-11-4-3-8(6-12(11)15-2)10-5-9(10)7-13/h3-4,6,9-10H,5,7,13H2,1-2H3/t9-,10+/m0/s1. The van der Waals surface area contributed by atoms with Gasteiger partial charge in [-0.2, -0.15) is 0 Å². The van der Waals surface area contributed by atoms with E-state index in [0.717, 1.165) is 18.0 Å². The molecule has 3 nitrogen and oxygen atoms in total. The maximum Gasteiger partial charge on any atom is 0.160 e. The Morgan fingerprint density at radius 2 is 2.00 bits per heavy atom. The van der Waals surface area contributed by atoms with Gasteiger partial charge in [0.15, 0.2) is 11.5 Å². The van der Waals surface area contributed by atoms with E-state index < -0.39 is 0 Å². The van der Waals surface area contributed by atoms with Crippen molar-refractivity contribution in [2.24, 2.45) is 11.7 Å². The van der Waals surface area contributed by atoms with E-state index in [1.807, 2.05) is 6.07 Å². The summed E-state index contributed by atoms with van der Waals surface area (Å²) in [4.78, 5) is 0. The smallest absolute Gasteiger partial charge is 0.160 e. The molecule has 0 unspecified atom stereocenters. The number of benzene rings is 1. The third-order valence-electron chi connectivity index (χ3n) is 3.06. The molecule has 3 heteroatoms. The van der Waals surface area contributed by atoms with Crippen molar-refractivity contribution in [3.63, 3.8) is 0 Å². The zero-order valence-corrected chi connectivity index (χ0v) is 9.19. The molecule has 0 saturated heterocycles. The molecular formula is C12H17NO2. The molecule has 1 aromatic carbocycles. The molecule has 0 bridgehead atoms. The van der Waals surface area contributed by atoms with Crippen LogP contribution < -0.4 is 15.2 Å². The van der Waals surface area contributed by atoms with Crippen molar-refractivity contribution in [1.29, 1.82) is 0 Å². The average Bonchev–Trinajstić information content (AvgIpc) is 3.07. The van der Waals surface area contributed by atoms with Gasteiger partial charge in [-0.25, -0.2) is 0 Å². The molecule has 0 heterocycles. The van der Waals surface area contributed by atoms with Crippen molar-refractivity contribution in [3.05, 3.63) is 23.8 Å². The quantitative estimate of drug-likeness (QED) is 0.818. The van der Waals surface area contributed by atoms with Crippen molar-refractivity contribution in [3.8, 4) is 11.5 Å². The molecule has 0 amide bonds. The van der Waals surface area contributed by atoms with Crippen molar-refractivity contribution in [1.82, 2.24) is 0 Å². The Bertz CT molecular complexity index is 351. The zero-order valence-electron chi connectivity index (χ0n) is 9.19. The molecule has 1 aliphatic rings. The van der Waals surface area contributed by atoms with Gasteiger partial charge in [0, 0.05) is 0 Å². The summed E-state index contributed by atoms with van der Waals surface area (Å²) in [5, 5.41) is 0. The van der Waals surface area contributed by atoms with E-state index in [1.165, 1.54) is 12.0 Å². The summed E-state index contributed by atoms with van der Waals surface area (Å²) in [7, 11) is 3.31. The predicted octanol–water partition coefficient (Wildman–Crippen LogP) is 1.77. The molecule has 2 N–H and O–H groups in total. The molecule has 1 aliphatic carbocycles. The number of nitrogens with two attached hydrogens (primary N) is 1. The fourth-order valence-corrected chi connectivity index (χ4v) is 2.00. The lowest BCUT2D eigenvalue weighted by atomic mass is 10.1. The highest BCUT2D eigenvalue weighted by Crippen LogP contribution is 2.48. The van der Waals surface area contributed by atoms with Gasteiger partial charge in [0.05, 0.1) is 14.2 Å². The molecule has 1 aromatic rings. The van der Waals surface area contributed by atoms with Gasteiger partial charge in [0.25, 0.3) is 0 Å². The molecule has 0 aliphatic heterocycles. The topological polar surface area (TPSA) is 44.5 Å². The second kappa shape index (κ2) is 4.11. The highest BCUT2D eigenvalue weighted by molar-refractivity contribution is 5.45. The van der Waals surface area contributed by atoms with Crippen molar-refractivity contribution in [2.75, 3.05) is 20.8 Å². The van der Waals surface area contributed by atoms with Crippen LogP contribution in [0.5, 0.6) is 11.5 Å². The van der Waals surface area contributed by atoms with Crippen LogP contribution in [0.25, 0.3) is 0 Å². The lowest BCUT2D eigenvalue weighted by Gasteiger charge is -2.09. The monoisotopic (exact) mass is 207 g/mol. The van der Waals surface area contributed by atoms with Crippen LogP contribution in [0.4, 0.5) is 0 Å². The Labute approximate surface area is 90.2 Å². The summed E-state index contributed by atoms with van der Waals surface area (Å²) >= 11 is 0. The molecule has 0 radical (unpaired) electrons. The van der Waals surface area contributed by atoms with E-state index in [4.69, 9.17) is 15.2 Å².